The van der Waals surface area contributed by atoms with Crippen LogP contribution >= 0.6 is 11.6 Å². The molecule has 2 aromatic carbocycles. The first kappa shape index (κ1) is 25.4. The summed E-state index contributed by atoms with van der Waals surface area (Å²) in [6.45, 7) is 3.42. The highest BCUT2D eigenvalue weighted by molar-refractivity contribution is 6.30. The van der Waals surface area contributed by atoms with Crippen LogP contribution in [0.15, 0.2) is 53.1 Å². The molecule has 34 heavy (non-hydrogen) atoms. The first-order valence-electron chi connectivity index (χ1n) is 10.9. The van der Waals surface area contributed by atoms with E-state index < -0.39 is 23.8 Å². The molecule has 1 amide bonds. The lowest BCUT2D eigenvalue weighted by Crippen LogP contribution is -2.40. The minimum Gasteiger partial charge on any atom is -0.481 e. The van der Waals surface area contributed by atoms with Gasteiger partial charge < -0.3 is 20.6 Å². The Hall–Kier alpha value is -3.23. The third-order valence-corrected chi connectivity index (χ3v) is 5.64. The van der Waals surface area contributed by atoms with Crippen molar-refractivity contribution in [2.24, 2.45) is 11.7 Å². The van der Waals surface area contributed by atoms with Crippen molar-refractivity contribution < 1.29 is 23.5 Å². The Morgan fingerprint density at radius 1 is 1.21 bits per heavy atom. The van der Waals surface area contributed by atoms with Gasteiger partial charge >= 0.3 is 11.9 Å². The molecule has 0 saturated carbocycles. The van der Waals surface area contributed by atoms with Gasteiger partial charge in [0.15, 0.2) is 0 Å². The molecule has 3 atom stereocenters. The monoisotopic (exact) mass is 487 g/mol. The summed E-state index contributed by atoms with van der Waals surface area (Å²) in [6.07, 6.45) is 2.24. The predicted octanol–water partition coefficient (Wildman–Crippen LogP) is 4.61. The lowest BCUT2D eigenvalue weighted by molar-refractivity contribution is -0.142. The molecule has 1 aromatic heterocycles. The van der Waals surface area contributed by atoms with Crippen LogP contribution in [0, 0.1) is 18.7 Å². The number of hydrogen-bond donors (Lipinski definition) is 3. The number of carbonyl (C=O) groups excluding carboxylic acids is 1. The topological polar surface area (TPSA) is 118 Å². The second-order valence-corrected chi connectivity index (χ2v) is 8.89. The molecule has 3 rings (SSSR count). The van der Waals surface area contributed by atoms with E-state index in [0.29, 0.717) is 28.3 Å². The number of carboxylic acids is 1. The smallest absolute Gasteiger partial charge is 0.307 e. The van der Waals surface area contributed by atoms with Gasteiger partial charge in [-0.05, 0) is 62.4 Å². The number of rotatable bonds is 10. The van der Waals surface area contributed by atoms with Gasteiger partial charge in [0.25, 0.3) is 5.89 Å². The molecule has 0 spiro atoms. The molecule has 0 aliphatic rings. The Balaban J connectivity index is 1.81. The average Bonchev–Trinajstić information content (AvgIpc) is 3.21. The van der Waals surface area contributed by atoms with Gasteiger partial charge in [-0.15, -0.1) is 0 Å². The van der Waals surface area contributed by atoms with Crippen molar-refractivity contribution in [1.82, 2.24) is 10.3 Å². The second-order valence-electron chi connectivity index (χ2n) is 8.46. The molecule has 0 saturated heterocycles. The lowest BCUT2D eigenvalue weighted by atomic mass is 9.90. The van der Waals surface area contributed by atoms with Gasteiger partial charge in [-0.2, -0.15) is 0 Å². The fourth-order valence-electron chi connectivity index (χ4n) is 3.81. The van der Waals surface area contributed by atoms with E-state index in [1.54, 1.807) is 32.0 Å². The van der Waals surface area contributed by atoms with Crippen molar-refractivity contribution in [3.05, 3.63) is 76.7 Å². The highest BCUT2D eigenvalue weighted by Crippen LogP contribution is 2.27. The Bertz CT molecular complexity index is 1150. The number of hydrogen-bond acceptors (Lipinski definition) is 5. The first-order valence-corrected chi connectivity index (χ1v) is 11.3. The quantitative estimate of drug-likeness (QED) is 0.384. The van der Waals surface area contributed by atoms with E-state index >= 15 is 0 Å². The van der Waals surface area contributed by atoms with Crippen LogP contribution in [0.4, 0.5) is 4.39 Å². The summed E-state index contributed by atoms with van der Waals surface area (Å²) in [6, 6.07) is 10.7. The Labute approximate surface area is 202 Å². The van der Waals surface area contributed by atoms with Gasteiger partial charge in [0.1, 0.15) is 11.6 Å². The molecular formula is C25H27ClFN3O4. The van der Waals surface area contributed by atoms with Crippen molar-refractivity contribution in [1.29, 1.82) is 0 Å². The predicted molar refractivity (Wildman–Crippen MR) is 127 cm³/mol. The summed E-state index contributed by atoms with van der Waals surface area (Å²) in [5.74, 6) is -2.23. The molecular weight excluding hydrogens is 461 g/mol. The fourth-order valence-corrected chi connectivity index (χ4v) is 3.99. The Morgan fingerprint density at radius 3 is 2.50 bits per heavy atom. The molecule has 0 radical (unpaired) electrons. The third-order valence-electron chi connectivity index (χ3n) is 5.40. The number of nitrogens with two attached hydrogens (primary N) is 1. The zero-order valence-corrected chi connectivity index (χ0v) is 19.7. The van der Waals surface area contributed by atoms with Gasteiger partial charge in [0, 0.05) is 22.7 Å². The standard InChI is InChI=1S/C25H27ClFN3O4/c1-14(28)9-18(25(32)33)11-20(30-23(31)24-29-13-15(2)34-24)10-16-3-5-17(6-4-16)21-12-19(26)7-8-22(21)27/h3-8,12-14,18,20H,9-11,28H2,1-2H3,(H,30,31)(H,32,33). The molecule has 3 unspecified atom stereocenters. The molecule has 3 aromatic rings. The number of carbonyl (C=O) groups is 2. The third kappa shape index (κ3) is 6.88. The van der Waals surface area contributed by atoms with Crippen molar-refractivity contribution in [3.63, 3.8) is 0 Å². The van der Waals surface area contributed by atoms with Gasteiger partial charge in [-0.25, -0.2) is 9.37 Å². The Morgan fingerprint density at radius 2 is 1.91 bits per heavy atom. The molecule has 7 nitrogen and oxygen atoms in total. The van der Waals surface area contributed by atoms with E-state index in [9.17, 15) is 19.1 Å². The van der Waals surface area contributed by atoms with E-state index in [2.05, 4.69) is 10.3 Å². The number of benzene rings is 2. The summed E-state index contributed by atoms with van der Waals surface area (Å²) in [5, 5.41) is 12.9. The SMILES string of the molecule is Cc1cnc(C(=O)NC(Cc2ccc(-c3cc(Cl)ccc3F)cc2)CC(CC(C)N)C(=O)O)o1. The van der Waals surface area contributed by atoms with E-state index in [1.807, 2.05) is 12.1 Å². The maximum Gasteiger partial charge on any atom is 0.307 e. The number of nitrogens with one attached hydrogen (secondary N) is 1. The number of aromatic nitrogens is 1. The minimum absolute atomic E-state index is 0.0895. The van der Waals surface area contributed by atoms with E-state index in [1.165, 1.54) is 18.3 Å². The maximum atomic E-state index is 14.2. The van der Waals surface area contributed by atoms with Gasteiger partial charge in [0.2, 0.25) is 0 Å². The summed E-state index contributed by atoms with van der Waals surface area (Å²) >= 11 is 6.00. The summed E-state index contributed by atoms with van der Waals surface area (Å²) in [5.41, 5.74) is 7.70. The molecule has 0 bridgehead atoms. The molecule has 1 heterocycles. The zero-order chi connectivity index (χ0) is 24.8. The molecule has 4 N–H and O–H groups in total. The van der Waals surface area contributed by atoms with Crippen LogP contribution in [0.1, 0.15) is 41.8 Å². The van der Waals surface area contributed by atoms with Crippen LogP contribution in [0.3, 0.4) is 0 Å². The van der Waals surface area contributed by atoms with Crippen molar-refractivity contribution in [3.8, 4) is 11.1 Å². The molecule has 9 heteroatoms. The molecule has 0 aliphatic carbocycles. The summed E-state index contributed by atoms with van der Waals surface area (Å²) < 4.78 is 19.5. The van der Waals surface area contributed by atoms with Crippen molar-refractivity contribution in [2.45, 2.75) is 45.2 Å². The van der Waals surface area contributed by atoms with Crippen LogP contribution in [-0.4, -0.2) is 34.1 Å². The van der Waals surface area contributed by atoms with E-state index in [4.69, 9.17) is 21.8 Å². The van der Waals surface area contributed by atoms with Gasteiger partial charge in [-0.1, -0.05) is 35.9 Å². The molecule has 180 valence electrons. The number of aryl methyl sites for hydroxylation is 1. The number of oxazole rings is 1. The summed E-state index contributed by atoms with van der Waals surface area (Å²) in [7, 11) is 0. The second kappa shape index (κ2) is 11.3. The van der Waals surface area contributed by atoms with Gasteiger partial charge in [0.05, 0.1) is 12.1 Å². The highest BCUT2D eigenvalue weighted by Gasteiger charge is 2.26. The minimum atomic E-state index is -0.977. The van der Waals surface area contributed by atoms with Crippen LogP contribution in [0.2, 0.25) is 5.02 Å². The van der Waals surface area contributed by atoms with Crippen LogP contribution in [0.25, 0.3) is 11.1 Å². The highest BCUT2D eigenvalue weighted by atomic mass is 35.5. The number of nitrogens with zero attached hydrogens (tertiary/aromatic N) is 1. The van der Waals surface area contributed by atoms with Crippen LogP contribution in [0.5, 0.6) is 0 Å². The van der Waals surface area contributed by atoms with Crippen LogP contribution < -0.4 is 11.1 Å². The van der Waals surface area contributed by atoms with E-state index in [0.717, 1.165) is 5.56 Å². The maximum absolute atomic E-state index is 14.2. The van der Waals surface area contributed by atoms with Gasteiger partial charge in [-0.3, -0.25) is 9.59 Å². The molecule has 0 fully saturated rings. The number of halogens is 2. The van der Waals surface area contributed by atoms with Crippen molar-refractivity contribution in [2.75, 3.05) is 0 Å². The fraction of sp³-hybridized carbons (Fsp3) is 0.320. The average molecular weight is 488 g/mol. The lowest BCUT2D eigenvalue weighted by Gasteiger charge is -2.23. The molecule has 0 aliphatic heterocycles. The Kier molecular flexibility index (Phi) is 8.41. The number of amides is 1. The largest absolute Gasteiger partial charge is 0.481 e. The normalized spacial score (nSPS) is 13.8. The first-order chi connectivity index (χ1) is 16.1. The zero-order valence-electron chi connectivity index (χ0n) is 18.9. The number of aliphatic carboxylic acids is 1. The number of carboxylic acid groups (broad SMARTS) is 1. The van der Waals surface area contributed by atoms with Crippen LogP contribution in [-0.2, 0) is 11.2 Å². The van der Waals surface area contributed by atoms with E-state index in [-0.39, 0.29) is 30.6 Å². The van der Waals surface area contributed by atoms with Crippen molar-refractivity contribution >= 4 is 23.5 Å². The summed E-state index contributed by atoms with van der Waals surface area (Å²) in [4.78, 5) is 28.4.